The van der Waals surface area contributed by atoms with Gasteiger partial charge in [-0.2, -0.15) is 11.8 Å². The van der Waals surface area contributed by atoms with Crippen LogP contribution in [0.3, 0.4) is 0 Å². The summed E-state index contributed by atoms with van der Waals surface area (Å²) in [5.41, 5.74) is 2.06. The first-order valence-corrected chi connectivity index (χ1v) is 8.26. The van der Waals surface area contributed by atoms with Crippen LogP contribution in [0.25, 0.3) is 5.65 Å². The van der Waals surface area contributed by atoms with Gasteiger partial charge >= 0.3 is 0 Å². The van der Waals surface area contributed by atoms with E-state index in [1.54, 1.807) is 6.20 Å². The van der Waals surface area contributed by atoms with E-state index in [2.05, 4.69) is 54.3 Å². The summed E-state index contributed by atoms with van der Waals surface area (Å²) in [5.74, 6) is 1.30. The molecule has 1 aliphatic rings. The number of hydrogen-bond donors (Lipinski definition) is 1. The molecule has 2 aromatic heterocycles. The molecule has 2 aromatic rings. The Balaban J connectivity index is 1.67. The maximum absolute atomic E-state index is 4.36. The van der Waals surface area contributed by atoms with Crippen molar-refractivity contribution in [2.75, 3.05) is 12.3 Å². The molecular formula is C13H17BrN4S. The molecule has 19 heavy (non-hydrogen) atoms. The predicted octanol–water partition coefficient (Wildman–Crippen LogP) is 2.87. The van der Waals surface area contributed by atoms with E-state index in [-0.39, 0.29) is 0 Å². The third-order valence-corrected chi connectivity index (χ3v) is 5.49. The van der Waals surface area contributed by atoms with E-state index in [9.17, 15) is 0 Å². The van der Waals surface area contributed by atoms with Gasteiger partial charge in [0, 0.05) is 24.0 Å². The lowest BCUT2D eigenvalue weighted by Crippen LogP contribution is -2.32. The number of aromatic nitrogens is 3. The van der Waals surface area contributed by atoms with Gasteiger partial charge in [0.05, 0.1) is 18.1 Å². The number of imidazole rings is 1. The first-order valence-electron chi connectivity index (χ1n) is 6.48. The van der Waals surface area contributed by atoms with Crippen LogP contribution in [0.5, 0.6) is 0 Å². The van der Waals surface area contributed by atoms with E-state index in [0.717, 1.165) is 23.3 Å². The van der Waals surface area contributed by atoms with Gasteiger partial charge < -0.3 is 5.32 Å². The lowest BCUT2D eigenvalue weighted by molar-refractivity contribution is 0.533. The Morgan fingerprint density at radius 3 is 3.16 bits per heavy atom. The molecule has 4 nitrogen and oxygen atoms in total. The number of hydrogen-bond acceptors (Lipinski definition) is 4. The van der Waals surface area contributed by atoms with Gasteiger partial charge in [0.2, 0.25) is 0 Å². The van der Waals surface area contributed by atoms with Crippen LogP contribution >= 0.6 is 27.7 Å². The van der Waals surface area contributed by atoms with Crippen LogP contribution in [-0.4, -0.2) is 31.4 Å². The highest BCUT2D eigenvalue weighted by molar-refractivity contribution is 9.10. The Bertz CT molecular complexity index is 577. The summed E-state index contributed by atoms with van der Waals surface area (Å²) in [6.45, 7) is 4.25. The molecule has 6 heteroatoms. The molecule has 1 atom stereocenters. The van der Waals surface area contributed by atoms with E-state index in [4.69, 9.17) is 0 Å². The van der Waals surface area contributed by atoms with Gasteiger partial charge in [0.25, 0.3) is 0 Å². The summed E-state index contributed by atoms with van der Waals surface area (Å²) in [4.78, 5) is 8.55. The monoisotopic (exact) mass is 340 g/mol. The molecule has 102 valence electrons. The second-order valence-corrected chi connectivity index (χ2v) is 7.69. The average Bonchev–Trinajstić information content (AvgIpc) is 2.97. The molecular weight excluding hydrogens is 324 g/mol. The van der Waals surface area contributed by atoms with Gasteiger partial charge in [-0.05, 0) is 41.4 Å². The zero-order valence-electron chi connectivity index (χ0n) is 10.9. The summed E-state index contributed by atoms with van der Waals surface area (Å²) < 4.78 is 3.31. The number of nitrogens with one attached hydrogen (secondary N) is 1. The van der Waals surface area contributed by atoms with Crippen LogP contribution < -0.4 is 5.32 Å². The van der Waals surface area contributed by atoms with Gasteiger partial charge in [-0.3, -0.25) is 4.40 Å². The highest BCUT2D eigenvalue weighted by atomic mass is 79.9. The van der Waals surface area contributed by atoms with Crippen LogP contribution in [0.2, 0.25) is 0 Å². The standard InChI is InChI=1S/C13H17BrN4S/c1-13(3-2-4-19-13)9-15-5-10-6-17-12-7-16-11(14)8-18(10)12/h6-8,15H,2-5,9H2,1H3. The number of halogens is 1. The Morgan fingerprint density at radius 1 is 1.47 bits per heavy atom. The van der Waals surface area contributed by atoms with Crippen LogP contribution in [0.1, 0.15) is 25.5 Å². The SMILES string of the molecule is CC1(CNCc2cnc3cnc(Br)cn23)CCCS1. The summed E-state index contributed by atoms with van der Waals surface area (Å²) >= 11 is 5.48. The summed E-state index contributed by atoms with van der Waals surface area (Å²) in [6.07, 6.45) is 8.32. The molecule has 3 heterocycles. The Hall–Kier alpha value is -0.590. The summed E-state index contributed by atoms with van der Waals surface area (Å²) in [6, 6.07) is 0. The van der Waals surface area contributed by atoms with Gasteiger partial charge in [0.15, 0.2) is 5.65 Å². The van der Waals surface area contributed by atoms with E-state index in [1.807, 2.05) is 12.4 Å². The van der Waals surface area contributed by atoms with Crippen LogP contribution in [-0.2, 0) is 6.54 Å². The average molecular weight is 341 g/mol. The van der Waals surface area contributed by atoms with Crippen molar-refractivity contribution in [1.29, 1.82) is 0 Å². The minimum Gasteiger partial charge on any atom is -0.310 e. The molecule has 1 fully saturated rings. The molecule has 1 aliphatic heterocycles. The Morgan fingerprint density at radius 2 is 2.37 bits per heavy atom. The second-order valence-electron chi connectivity index (χ2n) is 5.19. The van der Waals surface area contributed by atoms with Gasteiger partial charge in [-0.25, -0.2) is 9.97 Å². The highest BCUT2D eigenvalue weighted by Crippen LogP contribution is 2.36. The molecule has 1 saturated heterocycles. The molecule has 0 aromatic carbocycles. The van der Waals surface area contributed by atoms with Gasteiger partial charge in [-0.15, -0.1) is 0 Å². The van der Waals surface area contributed by atoms with Crippen molar-refractivity contribution in [3.63, 3.8) is 0 Å². The molecule has 0 saturated carbocycles. The maximum Gasteiger partial charge on any atom is 0.155 e. The predicted molar refractivity (Wildman–Crippen MR) is 82.5 cm³/mol. The first-order chi connectivity index (χ1) is 9.16. The number of fused-ring (bicyclic) bond motifs is 1. The molecule has 0 aliphatic carbocycles. The second kappa shape index (κ2) is 5.42. The third kappa shape index (κ3) is 2.95. The Labute approximate surface area is 125 Å². The van der Waals surface area contributed by atoms with Crippen molar-refractivity contribution in [2.45, 2.75) is 31.1 Å². The molecule has 1 N–H and O–H groups in total. The zero-order valence-corrected chi connectivity index (χ0v) is 13.3. The molecule has 0 radical (unpaired) electrons. The van der Waals surface area contributed by atoms with E-state index in [1.165, 1.54) is 24.3 Å². The first kappa shape index (κ1) is 13.4. The highest BCUT2D eigenvalue weighted by Gasteiger charge is 2.28. The molecule has 0 amide bonds. The molecule has 0 bridgehead atoms. The van der Waals surface area contributed by atoms with Crippen LogP contribution in [0, 0.1) is 0 Å². The lowest BCUT2D eigenvalue weighted by Gasteiger charge is -2.22. The fraction of sp³-hybridized carbons (Fsp3) is 0.538. The van der Waals surface area contributed by atoms with E-state index < -0.39 is 0 Å². The minimum absolute atomic E-state index is 0.405. The lowest BCUT2D eigenvalue weighted by atomic mass is 10.1. The maximum atomic E-state index is 4.36. The number of nitrogens with zero attached hydrogens (tertiary/aromatic N) is 3. The summed E-state index contributed by atoms with van der Waals surface area (Å²) in [5, 5.41) is 3.56. The van der Waals surface area contributed by atoms with E-state index in [0.29, 0.717) is 4.75 Å². The van der Waals surface area contributed by atoms with Crippen molar-refractivity contribution < 1.29 is 0 Å². The quantitative estimate of drug-likeness (QED) is 0.929. The third-order valence-electron chi connectivity index (χ3n) is 3.55. The van der Waals surface area contributed by atoms with Crippen LogP contribution in [0.4, 0.5) is 0 Å². The van der Waals surface area contributed by atoms with Crippen molar-refractivity contribution in [3.05, 3.63) is 28.9 Å². The van der Waals surface area contributed by atoms with Gasteiger partial charge in [0.1, 0.15) is 4.60 Å². The molecule has 0 spiro atoms. The Kier molecular flexibility index (Phi) is 3.82. The van der Waals surface area contributed by atoms with Crippen molar-refractivity contribution >= 4 is 33.3 Å². The van der Waals surface area contributed by atoms with Gasteiger partial charge in [-0.1, -0.05) is 0 Å². The minimum atomic E-state index is 0.405. The molecule has 1 unspecified atom stereocenters. The topological polar surface area (TPSA) is 42.2 Å². The largest absolute Gasteiger partial charge is 0.310 e. The number of thioether (sulfide) groups is 1. The van der Waals surface area contributed by atoms with Crippen LogP contribution in [0.15, 0.2) is 23.2 Å². The fourth-order valence-corrected chi connectivity index (χ4v) is 4.06. The fourth-order valence-electron chi connectivity index (χ4n) is 2.48. The normalized spacial score (nSPS) is 23.3. The smallest absolute Gasteiger partial charge is 0.155 e. The van der Waals surface area contributed by atoms with Crippen molar-refractivity contribution in [1.82, 2.24) is 19.7 Å². The van der Waals surface area contributed by atoms with Crippen molar-refractivity contribution in [2.24, 2.45) is 0 Å². The molecule has 3 rings (SSSR count). The van der Waals surface area contributed by atoms with E-state index >= 15 is 0 Å². The zero-order chi connectivity index (χ0) is 13.3. The summed E-state index contributed by atoms with van der Waals surface area (Å²) in [7, 11) is 0. The number of rotatable bonds is 4. The van der Waals surface area contributed by atoms with Crippen molar-refractivity contribution in [3.8, 4) is 0 Å².